The van der Waals surface area contributed by atoms with Crippen molar-refractivity contribution in [2.24, 2.45) is 0 Å². The molecule has 114 valence electrons. The van der Waals surface area contributed by atoms with Gasteiger partial charge in [-0.3, -0.25) is 4.79 Å². The number of benzene rings is 1. The summed E-state index contributed by atoms with van der Waals surface area (Å²) in [7, 11) is 0. The Bertz CT molecular complexity index is 317. The molecule has 1 amide bonds. The molecule has 1 aromatic carbocycles. The van der Waals surface area contributed by atoms with Gasteiger partial charge in [-0.15, -0.1) is 0 Å². The minimum Gasteiger partial charge on any atom is -0.368 e. The minimum absolute atomic E-state index is 0.832. The number of carbonyl (C=O) groups is 1. The monoisotopic (exact) mass is 278 g/mol. The molecule has 1 saturated heterocycles. The zero-order valence-corrected chi connectivity index (χ0v) is 13.5. The van der Waals surface area contributed by atoms with E-state index in [0.29, 0.717) is 0 Å². The van der Waals surface area contributed by atoms with Gasteiger partial charge in [0.25, 0.3) is 0 Å². The summed E-state index contributed by atoms with van der Waals surface area (Å²) < 4.78 is 0. The van der Waals surface area contributed by atoms with Crippen LogP contribution in [0.25, 0.3) is 0 Å². The summed E-state index contributed by atoms with van der Waals surface area (Å²) in [5.41, 5.74) is 1.25. The molecule has 2 rings (SSSR count). The Morgan fingerprint density at radius 3 is 1.85 bits per heavy atom. The van der Waals surface area contributed by atoms with Crippen LogP contribution in [0.15, 0.2) is 30.3 Å². The van der Waals surface area contributed by atoms with E-state index in [1.807, 2.05) is 36.9 Å². The molecule has 0 N–H and O–H groups in total. The summed E-state index contributed by atoms with van der Waals surface area (Å²) in [4.78, 5) is 14.6. The van der Waals surface area contributed by atoms with Gasteiger partial charge >= 0.3 is 0 Å². The molecule has 1 aliphatic rings. The molecule has 0 aliphatic carbocycles. The van der Waals surface area contributed by atoms with Crippen molar-refractivity contribution in [2.45, 2.75) is 40.5 Å². The van der Waals surface area contributed by atoms with E-state index in [9.17, 15) is 4.79 Å². The maximum absolute atomic E-state index is 10.5. The third kappa shape index (κ3) is 7.17. The van der Waals surface area contributed by atoms with Gasteiger partial charge in [0.05, 0.1) is 0 Å². The Balaban J connectivity index is 0.000000521. The lowest BCUT2D eigenvalue weighted by Crippen LogP contribution is -2.45. The van der Waals surface area contributed by atoms with Crippen LogP contribution in [0.4, 0.5) is 5.69 Å². The zero-order chi connectivity index (χ0) is 15.2. The number of nitrogens with zero attached hydrogens (tertiary/aromatic N) is 2. The molecule has 3 nitrogen and oxygen atoms in total. The summed E-state index contributed by atoms with van der Waals surface area (Å²) in [6, 6.07) is 10.3. The van der Waals surface area contributed by atoms with Crippen LogP contribution in [-0.4, -0.2) is 37.5 Å². The second-order valence-corrected chi connectivity index (χ2v) is 4.46. The van der Waals surface area contributed by atoms with Crippen molar-refractivity contribution in [2.75, 3.05) is 31.1 Å². The molecule has 3 heteroatoms. The predicted octanol–water partition coefficient (Wildman–Crippen LogP) is 3.80. The molecule has 0 spiro atoms. The van der Waals surface area contributed by atoms with E-state index in [2.05, 4.69) is 30.9 Å². The molecule has 0 saturated carbocycles. The number of amides is 1. The van der Waals surface area contributed by atoms with Crippen LogP contribution in [-0.2, 0) is 4.79 Å². The van der Waals surface area contributed by atoms with E-state index in [-0.39, 0.29) is 0 Å². The average Bonchev–Trinajstić information content (AvgIpc) is 2.58. The first-order valence-electron chi connectivity index (χ1n) is 7.81. The first-order valence-corrected chi connectivity index (χ1v) is 7.81. The number of piperazine rings is 1. The van der Waals surface area contributed by atoms with Crippen LogP contribution in [0.3, 0.4) is 0 Å². The van der Waals surface area contributed by atoms with Crippen molar-refractivity contribution in [1.82, 2.24) is 4.90 Å². The Kier molecular flexibility index (Phi) is 11.6. The molecule has 0 atom stereocenters. The van der Waals surface area contributed by atoms with Gasteiger partial charge in [-0.25, -0.2) is 0 Å². The molecular formula is C17H30N2O. The van der Waals surface area contributed by atoms with Crippen molar-refractivity contribution < 1.29 is 4.79 Å². The van der Waals surface area contributed by atoms with Crippen LogP contribution >= 0.6 is 0 Å². The SMILES string of the molecule is CC.CCCC.O=CN1CCN(c2ccccc2)CC1. The molecule has 1 aromatic rings. The van der Waals surface area contributed by atoms with Crippen LogP contribution in [0, 0.1) is 0 Å². The summed E-state index contributed by atoms with van der Waals surface area (Å²) in [5, 5.41) is 0. The molecule has 20 heavy (non-hydrogen) atoms. The Hall–Kier alpha value is -1.51. The average molecular weight is 278 g/mol. The maximum Gasteiger partial charge on any atom is 0.209 e. The fourth-order valence-electron chi connectivity index (χ4n) is 1.72. The van der Waals surface area contributed by atoms with Crippen molar-refractivity contribution >= 4 is 12.1 Å². The quantitative estimate of drug-likeness (QED) is 0.785. The van der Waals surface area contributed by atoms with E-state index in [4.69, 9.17) is 0 Å². The number of hydrogen-bond donors (Lipinski definition) is 0. The molecular weight excluding hydrogens is 248 g/mol. The highest BCUT2D eigenvalue weighted by atomic mass is 16.1. The minimum atomic E-state index is 0.832. The van der Waals surface area contributed by atoms with Crippen LogP contribution in [0.2, 0.25) is 0 Å². The van der Waals surface area contributed by atoms with E-state index < -0.39 is 0 Å². The smallest absolute Gasteiger partial charge is 0.209 e. The molecule has 0 unspecified atom stereocenters. The summed E-state index contributed by atoms with van der Waals surface area (Å²) in [5.74, 6) is 0. The summed E-state index contributed by atoms with van der Waals surface area (Å²) in [6.45, 7) is 11.9. The summed E-state index contributed by atoms with van der Waals surface area (Å²) >= 11 is 0. The molecule has 0 radical (unpaired) electrons. The number of unbranched alkanes of at least 4 members (excludes halogenated alkanes) is 1. The number of para-hydroxylation sites is 1. The number of anilines is 1. The second-order valence-electron chi connectivity index (χ2n) is 4.46. The zero-order valence-electron chi connectivity index (χ0n) is 13.5. The van der Waals surface area contributed by atoms with Gasteiger partial charge < -0.3 is 9.80 Å². The van der Waals surface area contributed by atoms with Crippen LogP contribution in [0.5, 0.6) is 0 Å². The molecule has 1 heterocycles. The second kappa shape index (κ2) is 12.5. The molecule has 1 aliphatic heterocycles. The predicted molar refractivity (Wildman–Crippen MR) is 88.2 cm³/mol. The van der Waals surface area contributed by atoms with E-state index >= 15 is 0 Å². The van der Waals surface area contributed by atoms with Gasteiger partial charge in [0.15, 0.2) is 0 Å². The topological polar surface area (TPSA) is 23.6 Å². The van der Waals surface area contributed by atoms with Crippen LogP contribution in [0.1, 0.15) is 40.5 Å². The van der Waals surface area contributed by atoms with E-state index in [0.717, 1.165) is 32.6 Å². The standard InChI is InChI=1S/C11H14N2O.C4H10.C2H6/c14-10-12-6-8-13(9-7-12)11-4-2-1-3-5-11;1-3-4-2;1-2/h1-5,10H,6-9H2;3-4H2,1-2H3;1-2H3. The Morgan fingerprint density at radius 2 is 1.45 bits per heavy atom. The number of hydrogen-bond acceptors (Lipinski definition) is 2. The Morgan fingerprint density at radius 1 is 0.950 bits per heavy atom. The maximum atomic E-state index is 10.5. The first-order chi connectivity index (χ1) is 9.81. The summed E-state index contributed by atoms with van der Waals surface area (Å²) in [6.07, 6.45) is 3.57. The van der Waals surface area contributed by atoms with Gasteiger partial charge in [0.1, 0.15) is 0 Å². The van der Waals surface area contributed by atoms with Crippen molar-refractivity contribution in [1.29, 1.82) is 0 Å². The third-order valence-electron chi connectivity index (χ3n) is 3.08. The highest BCUT2D eigenvalue weighted by Gasteiger charge is 2.14. The fraction of sp³-hybridized carbons (Fsp3) is 0.588. The van der Waals surface area contributed by atoms with Gasteiger partial charge in [-0.1, -0.05) is 58.7 Å². The van der Waals surface area contributed by atoms with Crippen molar-refractivity contribution in [3.8, 4) is 0 Å². The van der Waals surface area contributed by atoms with Crippen molar-refractivity contribution in [3.63, 3.8) is 0 Å². The molecule has 0 aromatic heterocycles. The van der Waals surface area contributed by atoms with Crippen molar-refractivity contribution in [3.05, 3.63) is 30.3 Å². The van der Waals surface area contributed by atoms with Gasteiger partial charge in [-0.2, -0.15) is 0 Å². The molecule has 1 fully saturated rings. The first kappa shape index (κ1) is 18.5. The fourth-order valence-corrected chi connectivity index (χ4v) is 1.72. The normalized spacial score (nSPS) is 13.6. The molecule has 0 bridgehead atoms. The number of rotatable bonds is 3. The van der Waals surface area contributed by atoms with Gasteiger partial charge in [0, 0.05) is 31.9 Å². The van der Waals surface area contributed by atoms with Crippen LogP contribution < -0.4 is 4.90 Å². The van der Waals surface area contributed by atoms with Gasteiger partial charge in [0.2, 0.25) is 6.41 Å². The third-order valence-corrected chi connectivity index (χ3v) is 3.08. The lowest BCUT2D eigenvalue weighted by molar-refractivity contribution is -0.118. The highest BCUT2D eigenvalue weighted by molar-refractivity contribution is 5.50. The van der Waals surface area contributed by atoms with Gasteiger partial charge in [-0.05, 0) is 12.1 Å². The Labute approximate surface area is 124 Å². The largest absolute Gasteiger partial charge is 0.368 e. The van der Waals surface area contributed by atoms with E-state index in [1.165, 1.54) is 18.5 Å². The lowest BCUT2D eigenvalue weighted by atomic mass is 10.2. The van der Waals surface area contributed by atoms with E-state index in [1.54, 1.807) is 0 Å². The lowest BCUT2D eigenvalue weighted by Gasteiger charge is -2.34. The number of carbonyl (C=O) groups excluding carboxylic acids is 1. The highest BCUT2D eigenvalue weighted by Crippen LogP contribution is 2.14.